The fraction of sp³-hybridized carbons (Fsp3) is 0.429. The van der Waals surface area contributed by atoms with Crippen LogP contribution in [0.15, 0.2) is 42.5 Å². The number of rotatable bonds is 4. The molecule has 26 heavy (non-hydrogen) atoms. The van der Waals surface area contributed by atoms with Gasteiger partial charge in [-0.2, -0.15) is 0 Å². The van der Waals surface area contributed by atoms with Crippen LogP contribution in [-0.2, 0) is 6.54 Å². The molecule has 2 aromatic rings. The third kappa shape index (κ3) is 3.60. The number of nitrogens with zero attached hydrogens (tertiary/aromatic N) is 2. The van der Waals surface area contributed by atoms with Crippen LogP contribution in [0.25, 0.3) is 0 Å². The summed E-state index contributed by atoms with van der Waals surface area (Å²) in [5.74, 6) is 0.660. The maximum Gasteiger partial charge on any atom is 0.264 e. The molecule has 5 heteroatoms. The first-order valence-electron chi connectivity index (χ1n) is 9.28. The lowest BCUT2D eigenvalue weighted by Gasteiger charge is -2.36. The molecule has 2 atom stereocenters. The number of hydrogen-bond acceptors (Lipinski definition) is 4. The Balaban J connectivity index is 1.49. The summed E-state index contributed by atoms with van der Waals surface area (Å²) in [7, 11) is 0. The van der Waals surface area contributed by atoms with Crippen molar-refractivity contribution in [2.45, 2.75) is 32.4 Å². The zero-order chi connectivity index (χ0) is 18.1. The van der Waals surface area contributed by atoms with Crippen LogP contribution in [0.4, 0.5) is 0 Å². The van der Waals surface area contributed by atoms with Crippen LogP contribution >= 0.6 is 11.3 Å². The molecule has 0 spiro atoms. The van der Waals surface area contributed by atoms with E-state index in [0.717, 1.165) is 32.6 Å². The third-order valence-electron chi connectivity index (χ3n) is 5.46. The van der Waals surface area contributed by atoms with E-state index in [0.29, 0.717) is 15.7 Å². The fourth-order valence-corrected chi connectivity index (χ4v) is 5.04. The quantitative estimate of drug-likeness (QED) is 0.773. The van der Waals surface area contributed by atoms with E-state index in [2.05, 4.69) is 34.1 Å². The van der Waals surface area contributed by atoms with E-state index in [1.165, 1.54) is 23.3 Å². The average Bonchev–Trinajstić information content (AvgIpc) is 2.98. The second-order valence-corrected chi connectivity index (χ2v) is 8.54. The van der Waals surface area contributed by atoms with Gasteiger partial charge in [-0.15, -0.1) is 11.3 Å². The number of piperidine rings is 1. The molecule has 1 amide bonds. The Morgan fingerprint density at radius 1 is 1.00 bits per heavy atom. The number of amides is 1. The summed E-state index contributed by atoms with van der Waals surface area (Å²) >= 11 is 1.33. The molecule has 0 radical (unpaired) electrons. The Morgan fingerprint density at radius 3 is 2.50 bits per heavy atom. The van der Waals surface area contributed by atoms with Crippen molar-refractivity contribution in [1.29, 1.82) is 0 Å². The monoisotopic (exact) mass is 368 g/mol. The summed E-state index contributed by atoms with van der Waals surface area (Å²) < 4.78 is 0. The number of thiophene rings is 1. The molecule has 3 aliphatic heterocycles. The smallest absolute Gasteiger partial charge is 0.264 e. The van der Waals surface area contributed by atoms with Gasteiger partial charge >= 0.3 is 0 Å². The molecule has 1 aromatic heterocycles. The molecule has 3 saturated heterocycles. The number of hydrogen-bond donors (Lipinski definition) is 0. The molecule has 1 aromatic carbocycles. The van der Waals surface area contributed by atoms with E-state index in [4.69, 9.17) is 0 Å². The van der Waals surface area contributed by atoms with Gasteiger partial charge in [0.2, 0.25) is 0 Å². The van der Waals surface area contributed by atoms with E-state index < -0.39 is 0 Å². The van der Waals surface area contributed by atoms with Crippen molar-refractivity contribution in [3.05, 3.63) is 57.8 Å². The van der Waals surface area contributed by atoms with Crippen LogP contribution in [-0.4, -0.2) is 47.2 Å². The van der Waals surface area contributed by atoms with Crippen molar-refractivity contribution in [3.63, 3.8) is 0 Å². The average molecular weight is 369 g/mol. The highest BCUT2D eigenvalue weighted by Crippen LogP contribution is 2.31. The van der Waals surface area contributed by atoms with Crippen LogP contribution in [0.3, 0.4) is 0 Å². The summed E-state index contributed by atoms with van der Waals surface area (Å²) in [6.45, 7) is 5.32. The second kappa shape index (κ2) is 7.33. The topological polar surface area (TPSA) is 40.6 Å². The first-order chi connectivity index (χ1) is 12.6. The molecule has 3 fully saturated rings. The standard InChI is InChI=1S/C21H24N2O2S/c1-15(24)19-9-10-20(26-19)21(25)23-13-17-7-8-18(23)14-22(12-17)11-16-5-3-2-4-6-16/h2-6,9-10,17-18H,7-8,11-14H2,1H3/t17-,18+/m0/s1. The highest BCUT2D eigenvalue weighted by Gasteiger charge is 2.37. The Morgan fingerprint density at radius 2 is 1.77 bits per heavy atom. The Bertz CT molecular complexity index is 801. The van der Waals surface area contributed by atoms with Gasteiger partial charge in [-0.25, -0.2) is 0 Å². The van der Waals surface area contributed by atoms with Crippen molar-refractivity contribution >= 4 is 23.0 Å². The number of ketones is 1. The Labute approximate surface area is 158 Å². The molecule has 0 N–H and O–H groups in total. The molecule has 3 aliphatic rings. The fourth-order valence-electron chi connectivity index (χ4n) is 4.18. The van der Waals surface area contributed by atoms with Crippen LogP contribution < -0.4 is 0 Å². The van der Waals surface area contributed by atoms with Crippen molar-refractivity contribution in [2.75, 3.05) is 19.6 Å². The highest BCUT2D eigenvalue weighted by atomic mass is 32.1. The number of carbonyl (C=O) groups is 2. The van der Waals surface area contributed by atoms with E-state index in [-0.39, 0.29) is 17.7 Å². The second-order valence-electron chi connectivity index (χ2n) is 7.45. The Kier molecular flexibility index (Phi) is 4.92. The molecule has 0 unspecified atom stereocenters. The zero-order valence-corrected chi connectivity index (χ0v) is 15.9. The lowest BCUT2D eigenvalue weighted by molar-refractivity contribution is 0.0590. The van der Waals surface area contributed by atoms with Gasteiger partial charge < -0.3 is 4.90 Å². The van der Waals surface area contributed by atoms with Crippen LogP contribution in [0.1, 0.15) is 44.7 Å². The van der Waals surface area contributed by atoms with Gasteiger partial charge in [0, 0.05) is 32.2 Å². The Hall–Kier alpha value is -1.98. The van der Waals surface area contributed by atoms with Crippen LogP contribution in [0.2, 0.25) is 0 Å². The minimum atomic E-state index is 0.0282. The molecule has 4 nitrogen and oxygen atoms in total. The minimum Gasteiger partial charge on any atom is -0.333 e. The molecule has 0 aliphatic carbocycles. The van der Waals surface area contributed by atoms with Crippen LogP contribution in [0.5, 0.6) is 0 Å². The van der Waals surface area contributed by atoms with Gasteiger partial charge in [-0.1, -0.05) is 30.3 Å². The van der Waals surface area contributed by atoms with Gasteiger partial charge in [0.25, 0.3) is 5.91 Å². The summed E-state index contributed by atoms with van der Waals surface area (Å²) in [5.41, 5.74) is 1.33. The molecule has 4 heterocycles. The van der Waals surface area contributed by atoms with Gasteiger partial charge in [0.15, 0.2) is 5.78 Å². The molecule has 5 rings (SSSR count). The van der Waals surface area contributed by atoms with Gasteiger partial charge in [-0.05, 0) is 43.4 Å². The SMILES string of the molecule is CC(=O)c1ccc(C(=O)N2C[C@H]3CC[C@@H]2CN(Cc2ccccc2)C3)s1. The van der Waals surface area contributed by atoms with Gasteiger partial charge in [0.1, 0.15) is 0 Å². The third-order valence-corrected chi connectivity index (χ3v) is 6.64. The molecule has 136 valence electrons. The summed E-state index contributed by atoms with van der Waals surface area (Å²) in [6, 6.07) is 14.4. The lowest BCUT2D eigenvalue weighted by atomic mass is 9.95. The van der Waals surface area contributed by atoms with Gasteiger partial charge in [-0.3, -0.25) is 14.5 Å². The van der Waals surface area contributed by atoms with E-state index in [1.54, 1.807) is 13.0 Å². The highest BCUT2D eigenvalue weighted by molar-refractivity contribution is 7.15. The van der Waals surface area contributed by atoms with Crippen molar-refractivity contribution < 1.29 is 9.59 Å². The molecule has 0 saturated carbocycles. The summed E-state index contributed by atoms with van der Waals surface area (Å²) in [5, 5.41) is 0. The summed E-state index contributed by atoms with van der Waals surface area (Å²) in [6.07, 6.45) is 2.27. The number of fused-ring (bicyclic) bond motifs is 4. The normalized spacial score (nSPS) is 23.0. The predicted octanol–water partition coefficient (Wildman–Crippen LogP) is 3.69. The molecular formula is C21H24N2O2S. The molecule has 2 bridgehead atoms. The van der Waals surface area contributed by atoms with Crippen LogP contribution in [0, 0.1) is 5.92 Å². The predicted molar refractivity (Wildman–Crippen MR) is 104 cm³/mol. The lowest BCUT2D eigenvalue weighted by Crippen LogP contribution is -2.47. The first-order valence-corrected chi connectivity index (χ1v) is 10.1. The maximum absolute atomic E-state index is 13.0. The number of benzene rings is 1. The summed E-state index contributed by atoms with van der Waals surface area (Å²) in [4.78, 5) is 30.5. The maximum atomic E-state index is 13.0. The number of Topliss-reactive ketones (excluding diaryl/α,β-unsaturated/α-hetero) is 1. The van der Waals surface area contributed by atoms with Gasteiger partial charge in [0.05, 0.1) is 9.75 Å². The molecular weight excluding hydrogens is 344 g/mol. The zero-order valence-electron chi connectivity index (χ0n) is 15.1. The van der Waals surface area contributed by atoms with Crippen molar-refractivity contribution in [2.24, 2.45) is 5.92 Å². The van der Waals surface area contributed by atoms with Crippen molar-refractivity contribution in [1.82, 2.24) is 9.80 Å². The largest absolute Gasteiger partial charge is 0.333 e. The number of carbonyl (C=O) groups excluding carboxylic acids is 2. The van der Waals surface area contributed by atoms with E-state index in [9.17, 15) is 9.59 Å². The first kappa shape index (κ1) is 17.4. The minimum absolute atomic E-state index is 0.0282. The van der Waals surface area contributed by atoms with E-state index >= 15 is 0 Å². The van der Waals surface area contributed by atoms with E-state index in [1.807, 2.05) is 12.1 Å². The van der Waals surface area contributed by atoms with Crippen molar-refractivity contribution in [3.8, 4) is 0 Å².